The van der Waals surface area contributed by atoms with Gasteiger partial charge in [-0.1, -0.05) is 58.9 Å². The van der Waals surface area contributed by atoms with Crippen molar-refractivity contribution in [1.29, 1.82) is 0 Å². The molecule has 4 fully saturated rings. The lowest BCUT2D eigenvalue weighted by Gasteiger charge is -2.60. The predicted molar refractivity (Wildman–Crippen MR) is 132 cm³/mol. The van der Waals surface area contributed by atoms with Gasteiger partial charge in [-0.25, -0.2) is 0 Å². The second kappa shape index (κ2) is 8.91. The van der Waals surface area contributed by atoms with E-state index in [0.29, 0.717) is 47.2 Å². The summed E-state index contributed by atoms with van der Waals surface area (Å²) in [5.74, 6) is 5.32. The Hall–Kier alpha value is -1.12. The Morgan fingerprint density at radius 3 is 2.41 bits per heavy atom. The first kappa shape index (κ1) is 24.0. The Balaban J connectivity index is 1.57. The van der Waals surface area contributed by atoms with Gasteiger partial charge in [0.25, 0.3) is 0 Å². The monoisotopic (exact) mass is 441 g/mol. The van der Waals surface area contributed by atoms with Crippen LogP contribution in [-0.2, 0) is 4.79 Å². The minimum atomic E-state index is 0.134. The van der Waals surface area contributed by atoms with Gasteiger partial charge in [-0.05, 0) is 97.2 Å². The van der Waals surface area contributed by atoms with Crippen LogP contribution in [-0.4, -0.2) is 16.7 Å². The van der Waals surface area contributed by atoms with E-state index < -0.39 is 0 Å². The van der Waals surface area contributed by atoms with Gasteiger partial charge in [-0.2, -0.15) is 0 Å². The molecule has 4 aliphatic rings. The quantitative estimate of drug-likeness (QED) is 0.272. The average Bonchev–Trinajstić information content (AvgIpc) is 3.11. The summed E-state index contributed by atoms with van der Waals surface area (Å²) in [7, 11) is 0. The summed E-state index contributed by atoms with van der Waals surface area (Å²) in [5.41, 5.74) is 1.46. The lowest BCUT2D eigenvalue weighted by atomic mass is 9.44. The highest BCUT2D eigenvalue weighted by molar-refractivity contribution is 5.93. The van der Waals surface area contributed by atoms with E-state index in [1.807, 2.05) is 0 Å². The van der Waals surface area contributed by atoms with E-state index >= 15 is 0 Å². The average molecular weight is 442 g/mol. The maximum Gasteiger partial charge on any atom is 0.133 e. The molecule has 0 saturated heterocycles. The van der Waals surface area contributed by atoms with Crippen molar-refractivity contribution in [2.45, 2.75) is 99.3 Å². The molecule has 0 aromatic carbocycles. The van der Waals surface area contributed by atoms with Crippen LogP contribution < -0.4 is 0 Å². The molecule has 0 heterocycles. The molecule has 4 saturated carbocycles. The van der Waals surface area contributed by atoms with Crippen LogP contribution in [0.2, 0.25) is 0 Å². The van der Waals surface area contributed by atoms with Gasteiger partial charge in [0.05, 0.1) is 5.71 Å². The Kier molecular flexibility index (Phi) is 6.69. The van der Waals surface area contributed by atoms with Crippen LogP contribution in [0.15, 0.2) is 17.3 Å². The Morgan fingerprint density at radius 2 is 1.75 bits per heavy atom. The number of oxime groups is 1. The zero-order chi connectivity index (χ0) is 23.3. The molecule has 0 bridgehead atoms. The predicted octanol–water partition coefficient (Wildman–Crippen LogP) is 7.53. The second-order valence-corrected chi connectivity index (χ2v) is 12.8. The molecular weight excluding hydrogens is 394 g/mol. The van der Waals surface area contributed by atoms with E-state index in [1.165, 1.54) is 32.1 Å². The Labute approximate surface area is 196 Å². The minimum Gasteiger partial charge on any atom is -0.411 e. The van der Waals surface area contributed by atoms with Crippen LogP contribution in [0.5, 0.6) is 0 Å². The van der Waals surface area contributed by atoms with Crippen molar-refractivity contribution in [3.63, 3.8) is 0 Å². The van der Waals surface area contributed by atoms with Gasteiger partial charge in [-0.15, -0.1) is 0 Å². The topological polar surface area (TPSA) is 49.7 Å². The van der Waals surface area contributed by atoms with Crippen molar-refractivity contribution in [3.05, 3.63) is 12.2 Å². The normalized spacial score (nSPS) is 45.0. The molecule has 180 valence electrons. The van der Waals surface area contributed by atoms with Gasteiger partial charge >= 0.3 is 0 Å². The summed E-state index contributed by atoms with van der Waals surface area (Å²) in [6, 6.07) is 0. The highest BCUT2D eigenvalue weighted by atomic mass is 16.4. The third kappa shape index (κ3) is 3.80. The molecule has 4 rings (SSSR count). The number of hydrogen-bond acceptors (Lipinski definition) is 3. The van der Waals surface area contributed by atoms with Crippen LogP contribution >= 0.6 is 0 Å². The molecule has 3 heteroatoms. The van der Waals surface area contributed by atoms with E-state index in [1.54, 1.807) is 0 Å². The third-order valence-electron chi connectivity index (χ3n) is 11.1. The lowest BCUT2D eigenvalue weighted by Crippen LogP contribution is -2.56. The number of carbonyl (C=O) groups excluding carboxylic acids is 1. The zero-order valence-corrected chi connectivity index (χ0v) is 21.4. The second-order valence-electron chi connectivity index (χ2n) is 12.8. The molecule has 4 aliphatic carbocycles. The fourth-order valence-electron chi connectivity index (χ4n) is 9.16. The van der Waals surface area contributed by atoms with E-state index in [9.17, 15) is 10.0 Å². The van der Waals surface area contributed by atoms with Crippen molar-refractivity contribution < 1.29 is 10.0 Å². The number of rotatable bonds is 5. The van der Waals surface area contributed by atoms with Crippen LogP contribution in [0.3, 0.4) is 0 Å². The van der Waals surface area contributed by atoms with Crippen molar-refractivity contribution in [2.75, 3.05) is 0 Å². The molecule has 0 amide bonds. The molecule has 3 nitrogen and oxygen atoms in total. The SMILES string of the molecule is CC[C@H](/C=C/[C@@H](C)[C@H]1CC[C@H]2[C@@H]3C/C(=N\O)[C@H]4CC(=O)CC[C@]4(C)[C@H]3CC[C@]12C)C(C)C. The number of ketones is 1. The summed E-state index contributed by atoms with van der Waals surface area (Å²) in [5, 5.41) is 13.7. The van der Waals surface area contributed by atoms with Crippen molar-refractivity contribution >= 4 is 11.5 Å². The fraction of sp³-hybridized carbons (Fsp3) is 0.862. The largest absolute Gasteiger partial charge is 0.411 e. The standard InChI is InChI=1S/C29H47NO2/c1-7-20(18(2)3)9-8-19(4)23-10-11-24-22-17-27(30-32)26-16-21(31)12-14-29(26,6)25(22)13-15-28(23,24)5/h8-9,18-20,22-26,32H,7,10-17H2,1-6H3/b9-8+,30-27+/t19-,20-,22+,23-,24+,25+,26-,28-,29-/m1/s1. The number of Topliss-reactive ketones (excluding diaryl/α,β-unsaturated/α-hetero) is 1. The van der Waals surface area contributed by atoms with Gasteiger partial charge in [0.15, 0.2) is 0 Å². The lowest BCUT2D eigenvalue weighted by molar-refractivity contribution is -0.130. The van der Waals surface area contributed by atoms with E-state index in [-0.39, 0.29) is 11.3 Å². The molecule has 1 N–H and O–H groups in total. The highest BCUT2D eigenvalue weighted by Gasteiger charge is 2.62. The van der Waals surface area contributed by atoms with Crippen molar-refractivity contribution in [2.24, 2.45) is 63.3 Å². The van der Waals surface area contributed by atoms with Crippen LogP contribution in [0.4, 0.5) is 0 Å². The molecule has 0 spiro atoms. The van der Waals surface area contributed by atoms with Crippen LogP contribution in [0.1, 0.15) is 99.3 Å². The number of carbonyl (C=O) groups is 1. The summed E-state index contributed by atoms with van der Waals surface area (Å²) in [4.78, 5) is 12.3. The maximum absolute atomic E-state index is 12.3. The molecule has 0 aromatic heterocycles. The fourth-order valence-corrected chi connectivity index (χ4v) is 9.16. The molecule has 0 radical (unpaired) electrons. The van der Waals surface area contributed by atoms with Crippen LogP contribution in [0, 0.1) is 58.2 Å². The molecular formula is C29H47NO2. The first-order valence-corrected chi connectivity index (χ1v) is 13.6. The van der Waals surface area contributed by atoms with E-state index in [4.69, 9.17) is 0 Å². The summed E-state index contributed by atoms with van der Waals surface area (Å²) < 4.78 is 0. The third-order valence-corrected chi connectivity index (χ3v) is 11.1. The van der Waals surface area contributed by atoms with Gasteiger partial charge in [0, 0.05) is 18.8 Å². The molecule has 0 aliphatic heterocycles. The first-order chi connectivity index (χ1) is 15.2. The molecule has 32 heavy (non-hydrogen) atoms. The Bertz CT molecular complexity index is 769. The maximum atomic E-state index is 12.3. The molecule has 9 atom stereocenters. The molecule has 0 aromatic rings. The van der Waals surface area contributed by atoms with Gasteiger partial charge < -0.3 is 5.21 Å². The van der Waals surface area contributed by atoms with Crippen molar-refractivity contribution in [3.8, 4) is 0 Å². The first-order valence-electron chi connectivity index (χ1n) is 13.6. The van der Waals surface area contributed by atoms with Crippen LogP contribution in [0.25, 0.3) is 0 Å². The molecule has 0 unspecified atom stereocenters. The summed E-state index contributed by atoms with van der Waals surface area (Å²) >= 11 is 0. The Morgan fingerprint density at radius 1 is 1.03 bits per heavy atom. The van der Waals surface area contributed by atoms with E-state index in [0.717, 1.165) is 36.8 Å². The van der Waals surface area contributed by atoms with Gasteiger partial charge in [-0.3, -0.25) is 4.79 Å². The number of hydrogen-bond donors (Lipinski definition) is 1. The smallest absolute Gasteiger partial charge is 0.133 e. The van der Waals surface area contributed by atoms with Gasteiger partial charge in [0.2, 0.25) is 0 Å². The number of allylic oxidation sites excluding steroid dienone is 2. The highest BCUT2D eigenvalue weighted by Crippen LogP contribution is 2.67. The van der Waals surface area contributed by atoms with E-state index in [2.05, 4.69) is 58.9 Å². The summed E-state index contributed by atoms with van der Waals surface area (Å²) in [6.07, 6.45) is 14.8. The van der Waals surface area contributed by atoms with Crippen molar-refractivity contribution in [1.82, 2.24) is 0 Å². The zero-order valence-electron chi connectivity index (χ0n) is 21.4. The summed E-state index contributed by atoms with van der Waals surface area (Å²) in [6.45, 7) is 14.5. The minimum absolute atomic E-state index is 0.134. The van der Waals surface area contributed by atoms with Gasteiger partial charge in [0.1, 0.15) is 5.78 Å². The number of fused-ring (bicyclic) bond motifs is 5. The number of nitrogens with zero attached hydrogens (tertiary/aromatic N) is 1.